The SMILES string of the molecule is CCCNCC1CC1CC1CCCCC1. The van der Waals surface area contributed by atoms with Gasteiger partial charge < -0.3 is 5.32 Å². The maximum Gasteiger partial charge on any atom is -0.00178 e. The lowest BCUT2D eigenvalue weighted by Crippen LogP contribution is -2.18. The van der Waals surface area contributed by atoms with Crippen LogP contribution in [0.1, 0.15) is 58.3 Å². The van der Waals surface area contributed by atoms with Gasteiger partial charge in [0.1, 0.15) is 0 Å². The van der Waals surface area contributed by atoms with Crippen LogP contribution in [-0.4, -0.2) is 13.1 Å². The summed E-state index contributed by atoms with van der Waals surface area (Å²) in [5, 5.41) is 3.56. The van der Waals surface area contributed by atoms with Gasteiger partial charge in [-0.2, -0.15) is 0 Å². The van der Waals surface area contributed by atoms with Crippen molar-refractivity contribution < 1.29 is 0 Å². The van der Waals surface area contributed by atoms with Crippen molar-refractivity contribution in [2.24, 2.45) is 17.8 Å². The zero-order valence-corrected chi connectivity index (χ0v) is 10.3. The molecule has 0 aromatic carbocycles. The molecule has 0 radical (unpaired) electrons. The Morgan fingerprint density at radius 1 is 1.07 bits per heavy atom. The Labute approximate surface area is 95.0 Å². The minimum atomic E-state index is 1.04. The van der Waals surface area contributed by atoms with Crippen LogP contribution in [0, 0.1) is 17.8 Å². The van der Waals surface area contributed by atoms with Gasteiger partial charge in [-0.3, -0.25) is 0 Å². The third-order valence-electron chi connectivity index (χ3n) is 4.26. The van der Waals surface area contributed by atoms with E-state index < -0.39 is 0 Å². The molecule has 0 aromatic rings. The first-order chi connectivity index (χ1) is 7.40. The maximum absolute atomic E-state index is 3.56. The number of hydrogen-bond donors (Lipinski definition) is 1. The standard InChI is InChI=1S/C14H27N/c1-2-8-15-11-14-10-13(14)9-12-6-4-3-5-7-12/h12-15H,2-11H2,1H3. The topological polar surface area (TPSA) is 12.0 Å². The molecule has 88 valence electrons. The molecule has 0 spiro atoms. The molecule has 0 bridgehead atoms. The summed E-state index contributed by atoms with van der Waals surface area (Å²) in [7, 11) is 0. The summed E-state index contributed by atoms with van der Waals surface area (Å²) in [6, 6.07) is 0. The number of rotatable bonds is 6. The molecule has 15 heavy (non-hydrogen) atoms. The van der Waals surface area contributed by atoms with E-state index >= 15 is 0 Å². The zero-order valence-electron chi connectivity index (χ0n) is 10.3. The fourth-order valence-electron chi connectivity index (χ4n) is 3.16. The summed E-state index contributed by atoms with van der Waals surface area (Å²) in [6.45, 7) is 4.76. The molecule has 1 heteroatoms. The highest BCUT2D eigenvalue weighted by atomic mass is 14.9. The first kappa shape index (κ1) is 11.4. The molecular formula is C14H27N. The quantitative estimate of drug-likeness (QED) is 0.659. The van der Waals surface area contributed by atoms with Gasteiger partial charge in [0.2, 0.25) is 0 Å². The van der Waals surface area contributed by atoms with Gasteiger partial charge in [-0.05, 0) is 50.1 Å². The Balaban J connectivity index is 1.54. The van der Waals surface area contributed by atoms with E-state index in [1.807, 2.05) is 0 Å². The van der Waals surface area contributed by atoms with Gasteiger partial charge in [-0.1, -0.05) is 39.0 Å². The van der Waals surface area contributed by atoms with E-state index in [4.69, 9.17) is 0 Å². The van der Waals surface area contributed by atoms with Gasteiger partial charge in [-0.25, -0.2) is 0 Å². The minimum absolute atomic E-state index is 1.04. The molecule has 0 saturated heterocycles. The molecule has 2 fully saturated rings. The molecule has 0 aliphatic heterocycles. The average molecular weight is 209 g/mol. The van der Waals surface area contributed by atoms with Gasteiger partial charge >= 0.3 is 0 Å². The van der Waals surface area contributed by atoms with Gasteiger partial charge in [-0.15, -0.1) is 0 Å². The van der Waals surface area contributed by atoms with Crippen LogP contribution < -0.4 is 5.32 Å². The molecule has 2 aliphatic carbocycles. The van der Waals surface area contributed by atoms with Crippen LogP contribution in [0.25, 0.3) is 0 Å². The molecule has 2 atom stereocenters. The van der Waals surface area contributed by atoms with Crippen LogP contribution in [0.5, 0.6) is 0 Å². The Bertz CT molecular complexity index is 172. The Kier molecular flexibility index (Phi) is 4.49. The predicted molar refractivity (Wildman–Crippen MR) is 65.9 cm³/mol. The second-order valence-corrected chi connectivity index (χ2v) is 5.70. The van der Waals surface area contributed by atoms with Crippen molar-refractivity contribution in [3.05, 3.63) is 0 Å². The molecule has 2 rings (SSSR count). The molecule has 2 unspecified atom stereocenters. The molecule has 1 nitrogen and oxygen atoms in total. The van der Waals surface area contributed by atoms with Crippen molar-refractivity contribution in [2.45, 2.75) is 58.3 Å². The summed E-state index contributed by atoms with van der Waals surface area (Å²) in [5.41, 5.74) is 0. The summed E-state index contributed by atoms with van der Waals surface area (Å²) >= 11 is 0. The zero-order chi connectivity index (χ0) is 10.5. The van der Waals surface area contributed by atoms with E-state index in [9.17, 15) is 0 Å². The molecule has 2 saturated carbocycles. The monoisotopic (exact) mass is 209 g/mol. The van der Waals surface area contributed by atoms with Crippen molar-refractivity contribution in [2.75, 3.05) is 13.1 Å². The van der Waals surface area contributed by atoms with Crippen LogP contribution in [0.2, 0.25) is 0 Å². The second kappa shape index (κ2) is 5.89. The molecular weight excluding hydrogens is 182 g/mol. The Hall–Kier alpha value is -0.0400. The lowest BCUT2D eigenvalue weighted by Gasteiger charge is -2.21. The van der Waals surface area contributed by atoms with Crippen LogP contribution in [0.4, 0.5) is 0 Å². The van der Waals surface area contributed by atoms with Gasteiger partial charge in [0.05, 0.1) is 0 Å². The molecule has 1 N–H and O–H groups in total. The first-order valence-corrected chi connectivity index (χ1v) is 7.11. The van der Waals surface area contributed by atoms with Crippen molar-refractivity contribution in [1.29, 1.82) is 0 Å². The largest absolute Gasteiger partial charge is 0.316 e. The lowest BCUT2D eigenvalue weighted by atomic mass is 9.85. The first-order valence-electron chi connectivity index (χ1n) is 7.11. The number of hydrogen-bond acceptors (Lipinski definition) is 1. The third-order valence-corrected chi connectivity index (χ3v) is 4.26. The van der Waals surface area contributed by atoms with E-state index in [2.05, 4.69) is 12.2 Å². The fraction of sp³-hybridized carbons (Fsp3) is 1.00. The van der Waals surface area contributed by atoms with E-state index in [1.165, 1.54) is 58.0 Å². The van der Waals surface area contributed by atoms with Crippen molar-refractivity contribution >= 4 is 0 Å². The van der Waals surface area contributed by atoms with Crippen LogP contribution in [-0.2, 0) is 0 Å². The molecule has 2 aliphatic rings. The summed E-state index contributed by atoms with van der Waals surface area (Å²) < 4.78 is 0. The van der Waals surface area contributed by atoms with Crippen LogP contribution in [0.15, 0.2) is 0 Å². The summed E-state index contributed by atoms with van der Waals surface area (Å²) in [4.78, 5) is 0. The molecule has 0 aromatic heterocycles. The summed E-state index contributed by atoms with van der Waals surface area (Å²) in [6.07, 6.45) is 11.9. The molecule has 0 amide bonds. The predicted octanol–water partition coefficient (Wildman–Crippen LogP) is 3.59. The summed E-state index contributed by atoms with van der Waals surface area (Å²) in [5.74, 6) is 3.23. The smallest absolute Gasteiger partial charge is 0.00178 e. The highest BCUT2D eigenvalue weighted by Gasteiger charge is 2.37. The molecule has 0 heterocycles. The van der Waals surface area contributed by atoms with Crippen LogP contribution >= 0.6 is 0 Å². The Morgan fingerprint density at radius 3 is 2.60 bits per heavy atom. The number of nitrogens with one attached hydrogen (secondary N) is 1. The van der Waals surface area contributed by atoms with E-state index in [1.54, 1.807) is 6.42 Å². The maximum atomic E-state index is 3.56. The Morgan fingerprint density at radius 2 is 1.87 bits per heavy atom. The second-order valence-electron chi connectivity index (χ2n) is 5.70. The highest BCUT2D eigenvalue weighted by molar-refractivity contribution is 4.89. The van der Waals surface area contributed by atoms with Gasteiger partial charge in [0.15, 0.2) is 0 Å². The van der Waals surface area contributed by atoms with E-state index in [-0.39, 0.29) is 0 Å². The third kappa shape index (κ3) is 3.79. The highest BCUT2D eigenvalue weighted by Crippen LogP contribution is 2.45. The average Bonchev–Trinajstić information content (AvgIpc) is 2.99. The van der Waals surface area contributed by atoms with Gasteiger partial charge in [0, 0.05) is 0 Å². The fourth-order valence-corrected chi connectivity index (χ4v) is 3.16. The lowest BCUT2D eigenvalue weighted by molar-refractivity contribution is 0.319. The normalized spacial score (nSPS) is 31.8. The van der Waals surface area contributed by atoms with E-state index in [0.29, 0.717) is 0 Å². The van der Waals surface area contributed by atoms with Crippen molar-refractivity contribution in [3.63, 3.8) is 0 Å². The van der Waals surface area contributed by atoms with Crippen molar-refractivity contribution in [3.8, 4) is 0 Å². The van der Waals surface area contributed by atoms with Gasteiger partial charge in [0.25, 0.3) is 0 Å². The minimum Gasteiger partial charge on any atom is -0.316 e. The van der Waals surface area contributed by atoms with Crippen LogP contribution in [0.3, 0.4) is 0 Å². The van der Waals surface area contributed by atoms with Crippen molar-refractivity contribution in [1.82, 2.24) is 5.32 Å². The van der Waals surface area contributed by atoms with E-state index in [0.717, 1.165) is 17.8 Å².